The van der Waals surface area contributed by atoms with Gasteiger partial charge < -0.3 is 10.1 Å². The molecule has 0 saturated carbocycles. The zero-order valence-corrected chi connectivity index (χ0v) is 15.8. The molecule has 1 N–H and O–H groups in total. The third kappa shape index (κ3) is 4.59. The number of sulfonamides is 1. The van der Waals surface area contributed by atoms with Crippen LogP contribution in [0.1, 0.15) is 32.3 Å². The molecule has 1 aromatic rings. The summed E-state index contributed by atoms with van der Waals surface area (Å²) < 4.78 is 31.0. The zero-order valence-electron chi connectivity index (χ0n) is 15.0. The van der Waals surface area contributed by atoms with E-state index in [2.05, 4.69) is 5.32 Å². The van der Waals surface area contributed by atoms with E-state index in [1.165, 1.54) is 4.31 Å². The molecule has 0 radical (unpaired) electrons. The monoisotopic (exact) mass is 368 g/mol. The van der Waals surface area contributed by atoms with Crippen LogP contribution in [-0.4, -0.2) is 57.2 Å². The lowest BCUT2D eigenvalue weighted by Crippen LogP contribution is -2.53. The zero-order chi connectivity index (χ0) is 18.3. The van der Waals surface area contributed by atoms with Crippen molar-refractivity contribution in [3.63, 3.8) is 0 Å². The van der Waals surface area contributed by atoms with E-state index < -0.39 is 15.4 Å². The normalized spacial score (nSPS) is 18.0. The number of carbonyl (C=O) groups is 1. The molecule has 1 saturated heterocycles. The molecule has 1 aliphatic rings. The van der Waals surface area contributed by atoms with Crippen LogP contribution in [0.4, 0.5) is 0 Å². The molecule has 0 aliphatic carbocycles. The largest absolute Gasteiger partial charge is 0.380 e. The number of rotatable bonds is 8. The van der Waals surface area contributed by atoms with Gasteiger partial charge >= 0.3 is 0 Å². The van der Waals surface area contributed by atoms with Gasteiger partial charge in [0.25, 0.3) is 0 Å². The van der Waals surface area contributed by atoms with E-state index in [0.29, 0.717) is 45.7 Å². The number of hydrogen-bond donors (Lipinski definition) is 1. The van der Waals surface area contributed by atoms with E-state index in [-0.39, 0.29) is 11.7 Å². The summed E-state index contributed by atoms with van der Waals surface area (Å²) in [4.78, 5) is 13.0. The van der Waals surface area contributed by atoms with E-state index >= 15 is 0 Å². The van der Waals surface area contributed by atoms with E-state index in [0.717, 1.165) is 5.56 Å². The SMILES string of the molecule is CCOCCNC(=O)C1(c2ccccc2)CCN(S(=O)(=O)CC)CC1. The average molecular weight is 368 g/mol. The number of carbonyl (C=O) groups excluding carboxylic acids is 1. The van der Waals surface area contributed by atoms with Crippen molar-refractivity contribution in [2.75, 3.05) is 38.6 Å². The summed E-state index contributed by atoms with van der Waals surface area (Å²) in [6, 6.07) is 9.65. The first-order valence-corrected chi connectivity index (χ1v) is 10.5. The molecule has 25 heavy (non-hydrogen) atoms. The predicted molar refractivity (Wildman–Crippen MR) is 97.9 cm³/mol. The Labute approximate surface area is 150 Å². The molecule has 0 aromatic heterocycles. The van der Waals surface area contributed by atoms with Crippen molar-refractivity contribution < 1.29 is 17.9 Å². The van der Waals surface area contributed by atoms with Gasteiger partial charge in [-0.3, -0.25) is 4.79 Å². The van der Waals surface area contributed by atoms with Crippen LogP contribution in [0.3, 0.4) is 0 Å². The quantitative estimate of drug-likeness (QED) is 0.706. The van der Waals surface area contributed by atoms with E-state index in [1.54, 1.807) is 6.92 Å². The highest BCUT2D eigenvalue weighted by atomic mass is 32.2. The Balaban J connectivity index is 2.17. The van der Waals surface area contributed by atoms with Crippen molar-refractivity contribution in [2.24, 2.45) is 0 Å². The minimum atomic E-state index is -3.22. The summed E-state index contributed by atoms with van der Waals surface area (Å²) in [5.74, 6) is 0.0401. The van der Waals surface area contributed by atoms with Crippen LogP contribution in [0.25, 0.3) is 0 Å². The molecule has 1 heterocycles. The molecule has 1 aromatic carbocycles. The molecule has 7 heteroatoms. The lowest BCUT2D eigenvalue weighted by molar-refractivity contribution is -0.128. The summed E-state index contributed by atoms with van der Waals surface area (Å²) in [6.07, 6.45) is 0.966. The highest BCUT2D eigenvalue weighted by molar-refractivity contribution is 7.89. The first-order chi connectivity index (χ1) is 12.0. The molecule has 0 unspecified atom stereocenters. The fourth-order valence-electron chi connectivity index (χ4n) is 3.28. The number of benzene rings is 1. The van der Waals surface area contributed by atoms with Crippen molar-refractivity contribution in [1.29, 1.82) is 0 Å². The highest BCUT2D eigenvalue weighted by Gasteiger charge is 2.44. The second-order valence-electron chi connectivity index (χ2n) is 6.20. The Morgan fingerprint density at radius 3 is 2.40 bits per heavy atom. The summed E-state index contributed by atoms with van der Waals surface area (Å²) in [5.41, 5.74) is 0.255. The van der Waals surface area contributed by atoms with Gasteiger partial charge in [-0.15, -0.1) is 0 Å². The van der Waals surface area contributed by atoms with Crippen LogP contribution in [0, 0.1) is 0 Å². The van der Waals surface area contributed by atoms with E-state index in [4.69, 9.17) is 4.74 Å². The van der Waals surface area contributed by atoms with E-state index in [1.807, 2.05) is 37.3 Å². The third-order valence-corrected chi connectivity index (χ3v) is 6.71. The number of amides is 1. The van der Waals surface area contributed by atoms with Crippen molar-refractivity contribution in [3.05, 3.63) is 35.9 Å². The molecule has 0 spiro atoms. The molecular formula is C18H28N2O4S. The summed E-state index contributed by atoms with van der Waals surface area (Å²) in [6.45, 7) is 5.84. The second kappa shape index (κ2) is 8.78. The lowest BCUT2D eigenvalue weighted by atomic mass is 9.72. The first kappa shape index (κ1) is 19.9. The van der Waals surface area contributed by atoms with Gasteiger partial charge in [0.15, 0.2) is 0 Å². The van der Waals surface area contributed by atoms with Gasteiger partial charge in [-0.2, -0.15) is 0 Å². The minimum absolute atomic E-state index is 0.0491. The molecule has 0 atom stereocenters. The topological polar surface area (TPSA) is 75.7 Å². The fraction of sp³-hybridized carbons (Fsp3) is 0.611. The smallest absolute Gasteiger partial charge is 0.230 e. The minimum Gasteiger partial charge on any atom is -0.380 e. The number of nitrogens with zero attached hydrogens (tertiary/aromatic N) is 1. The lowest BCUT2D eigenvalue weighted by Gasteiger charge is -2.40. The van der Waals surface area contributed by atoms with Crippen LogP contribution in [-0.2, 0) is 25.0 Å². The Bertz CT molecular complexity index is 653. The molecule has 6 nitrogen and oxygen atoms in total. The van der Waals surface area contributed by atoms with Crippen LogP contribution < -0.4 is 5.32 Å². The van der Waals surface area contributed by atoms with Crippen molar-refractivity contribution >= 4 is 15.9 Å². The average Bonchev–Trinajstić information content (AvgIpc) is 2.65. The predicted octanol–water partition coefficient (Wildman–Crippen LogP) is 1.52. The third-order valence-electron chi connectivity index (χ3n) is 4.83. The van der Waals surface area contributed by atoms with Gasteiger partial charge in [0.2, 0.25) is 15.9 Å². The number of piperidine rings is 1. The van der Waals surface area contributed by atoms with E-state index in [9.17, 15) is 13.2 Å². The van der Waals surface area contributed by atoms with Gasteiger partial charge in [0.1, 0.15) is 0 Å². The van der Waals surface area contributed by atoms with Crippen LogP contribution >= 0.6 is 0 Å². The summed E-state index contributed by atoms with van der Waals surface area (Å²) in [7, 11) is -3.22. The number of hydrogen-bond acceptors (Lipinski definition) is 4. The maximum absolute atomic E-state index is 13.0. The standard InChI is InChI=1S/C18H28N2O4S/c1-3-24-15-12-19-17(21)18(16-8-6-5-7-9-16)10-13-20(14-11-18)25(22,23)4-2/h5-9H,3-4,10-15H2,1-2H3,(H,19,21). The number of ether oxygens (including phenoxy) is 1. The first-order valence-electron chi connectivity index (χ1n) is 8.85. The molecule has 1 fully saturated rings. The van der Waals surface area contributed by atoms with Gasteiger partial charge in [0.05, 0.1) is 17.8 Å². The van der Waals surface area contributed by atoms with Gasteiger partial charge in [0, 0.05) is 26.2 Å². The Hall–Kier alpha value is -1.44. The molecule has 1 aliphatic heterocycles. The molecule has 0 bridgehead atoms. The van der Waals surface area contributed by atoms with Crippen molar-refractivity contribution in [3.8, 4) is 0 Å². The maximum atomic E-state index is 13.0. The summed E-state index contributed by atoms with van der Waals surface area (Å²) in [5, 5.41) is 2.96. The molecular weight excluding hydrogens is 340 g/mol. The van der Waals surface area contributed by atoms with Gasteiger partial charge in [-0.05, 0) is 32.3 Å². The fourth-order valence-corrected chi connectivity index (χ4v) is 4.39. The Morgan fingerprint density at radius 1 is 1.20 bits per heavy atom. The van der Waals surface area contributed by atoms with Crippen LogP contribution in [0.15, 0.2) is 30.3 Å². The summed E-state index contributed by atoms with van der Waals surface area (Å²) >= 11 is 0. The van der Waals surface area contributed by atoms with Crippen LogP contribution in [0.2, 0.25) is 0 Å². The van der Waals surface area contributed by atoms with Crippen LogP contribution in [0.5, 0.6) is 0 Å². The maximum Gasteiger partial charge on any atom is 0.230 e. The van der Waals surface area contributed by atoms with Gasteiger partial charge in [-0.25, -0.2) is 12.7 Å². The second-order valence-corrected chi connectivity index (χ2v) is 8.46. The Morgan fingerprint density at radius 2 is 1.84 bits per heavy atom. The Kier molecular flexibility index (Phi) is 6.98. The number of nitrogens with one attached hydrogen (secondary N) is 1. The highest BCUT2D eigenvalue weighted by Crippen LogP contribution is 2.36. The molecule has 140 valence electrons. The van der Waals surface area contributed by atoms with Crippen molar-refractivity contribution in [1.82, 2.24) is 9.62 Å². The molecule has 2 rings (SSSR count). The molecule has 1 amide bonds. The van der Waals surface area contributed by atoms with Crippen molar-refractivity contribution in [2.45, 2.75) is 32.1 Å². The van der Waals surface area contributed by atoms with Gasteiger partial charge in [-0.1, -0.05) is 30.3 Å².